The van der Waals surface area contributed by atoms with Crippen LogP contribution in [0.5, 0.6) is 0 Å². The molecule has 0 unspecified atom stereocenters. The van der Waals surface area contributed by atoms with E-state index in [0.717, 1.165) is 16.8 Å². The molecule has 2 amide bonds. The average molecular weight is 427 g/mol. The number of carbonyl (C=O) groups is 2. The van der Waals surface area contributed by atoms with Gasteiger partial charge in [0, 0.05) is 36.7 Å². The van der Waals surface area contributed by atoms with Crippen LogP contribution in [0.2, 0.25) is 0 Å². The fraction of sp³-hybridized carbons (Fsp3) is 0.227. The molecule has 0 aliphatic heterocycles. The molecule has 30 heavy (non-hydrogen) atoms. The van der Waals surface area contributed by atoms with Crippen molar-refractivity contribution in [3.63, 3.8) is 0 Å². The van der Waals surface area contributed by atoms with Crippen LogP contribution in [0.4, 0.5) is 10.1 Å². The first-order chi connectivity index (χ1) is 14.3. The number of nitrogens with two attached hydrogens (primary N) is 1. The summed E-state index contributed by atoms with van der Waals surface area (Å²) in [7, 11) is 0. The second-order valence-corrected chi connectivity index (χ2v) is 7.90. The van der Waals surface area contributed by atoms with Gasteiger partial charge in [-0.2, -0.15) is 0 Å². The Hall–Kier alpha value is -3.13. The first kappa shape index (κ1) is 21.6. The highest BCUT2D eigenvalue weighted by molar-refractivity contribution is 7.99. The molecule has 8 heteroatoms. The molecule has 3 aromatic rings. The summed E-state index contributed by atoms with van der Waals surface area (Å²) in [5, 5.41) is 0.683. The molecule has 0 spiro atoms. The van der Waals surface area contributed by atoms with Crippen LogP contribution in [0.25, 0.3) is 5.69 Å². The lowest BCUT2D eigenvalue weighted by Gasteiger charge is -2.22. The molecule has 1 aromatic heterocycles. The number of aromatic nitrogens is 2. The molecule has 0 aliphatic rings. The van der Waals surface area contributed by atoms with E-state index in [-0.39, 0.29) is 24.6 Å². The van der Waals surface area contributed by atoms with Crippen molar-refractivity contribution < 1.29 is 14.0 Å². The number of nitrogens with zero attached hydrogens (tertiary/aromatic N) is 3. The molecule has 0 saturated carbocycles. The van der Waals surface area contributed by atoms with Crippen molar-refractivity contribution in [2.24, 2.45) is 5.73 Å². The Bertz CT molecular complexity index is 1030. The minimum atomic E-state index is -0.507. The maximum absolute atomic E-state index is 13.3. The van der Waals surface area contributed by atoms with Crippen molar-refractivity contribution in [2.45, 2.75) is 25.4 Å². The average Bonchev–Trinajstić information content (AvgIpc) is 3.15. The van der Waals surface area contributed by atoms with Crippen LogP contribution in [0.15, 0.2) is 60.0 Å². The molecule has 0 radical (unpaired) electrons. The van der Waals surface area contributed by atoms with Crippen LogP contribution in [0, 0.1) is 19.7 Å². The van der Waals surface area contributed by atoms with Crippen molar-refractivity contribution in [2.75, 3.05) is 17.2 Å². The predicted molar refractivity (Wildman–Crippen MR) is 116 cm³/mol. The highest BCUT2D eigenvalue weighted by atomic mass is 32.2. The largest absolute Gasteiger partial charge is 0.370 e. The zero-order valence-corrected chi connectivity index (χ0v) is 17.7. The number of hydrogen-bond acceptors (Lipinski definition) is 4. The Morgan fingerprint density at radius 1 is 1.13 bits per heavy atom. The van der Waals surface area contributed by atoms with Gasteiger partial charge in [0.2, 0.25) is 11.8 Å². The summed E-state index contributed by atoms with van der Waals surface area (Å²) >= 11 is 1.30. The van der Waals surface area contributed by atoms with E-state index < -0.39 is 11.7 Å². The quantitative estimate of drug-likeness (QED) is 0.558. The van der Waals surface area contributed by atoms with Gasteiger partial charge in [0.05, 0.1) is 5.75 Å². The molecule has 0 bridgehead atoms. The van der Waals surface area contributed by atoms with Crippen LogP contribution in [-0.4, -0.2) is 33.7 Å². The first-order valence-electron chi connectivity index (χ1n) is 9.42. The lowest BCUT2D eigenvalue weighted by atomic mass is 10.1. The van der Waals surface area contributed by atoms with Crippen molar-refractivity contribution in [1.29, 1.82) is 0 Å². The van der Waals surface area contributed by atoms with Crippen LogP contribution < -0.4 is 10.6 Å². The Labute approximate surface area is 178 Å². The van der Waals surface area contributed by atoms with E-state index in [2.05, 4.69) is 23.2 Å². The molecule has 0 fully saturated rings. The highest BCUT2D eigenvalue weighted by Gasteiger charge is 2.18. The number of amides is 2. The molecule has 0 atom stereocenters. The third-order valence-electron chi connectivity index (χ3n) is 4.44. The molecule has 2 N–H and O–H groups in total. The Morgan fingerprint density at radius 3 is 2.43 bits per heavy atom. The number of carbonyl (C=O) groups excluding carboxylic acids is 2. The number of benzene rings is 2. The maximum Gasteiger partial charge on any atom is 0.237 e. The van der Waals surface area contributed by atoms with E-state index in [1.54, 1.807) is 6.20 Å². The lowest BCUT2D eigenvalue weighted by Crippen LogP contribution is -2.35. The summed E-state index contributed by atoms with van der Waals surface area (Å²) in [6.45, 7) is 4.19. The Kier molecular flexibility index (Phi) is 6.89. The van der Waals surface area contributed by atoms with Crippen molar-refractivity contribution in [3.05, 3.63) is 71.8 Å². The van der Waals surface area contributed by atoms with E-state index in [1.807, 2.05) is 24.6 Å². The number of rotatable bonds is 8. The van der Waals surface area contributed by atoms with E-state index in [4.69, 9.17) is 5.73 Å². The van der Waals surface area contributed by atoms with Gasteiger partial charge in [-0.05, 0) is 61.4 Å². The number of imidazole rings is 1. The van der Waals surface area contributed by atoms with Crippen molar-refractivity contribution in [1.82, 2.24) is 9.55 Å². The minimum Gasteiger partial charge on any atom is -0.370 e. The van der Waals surface area contributed by atoms with Gasteiger partial charge in [-0.25, -0.2) is 9.37 Å². The molecule has 6 nitrogen and oxygen atoms in total. The van der Waals surface area contributed by atoms with Crippen LogP contribution in [-0.2, 0) is 9.59 Å². The standard InChI is InChI=1S/C22H23FN4O2S/c1-15-11-16(2)13-19(12-15)27-10-8-25-22(27)30-14-21(29)26(9-7-20(24)28)18-5-3-17(23)4-6-18/h3-6,8,10-13H,7,9,14H2,1-2H3,(H2,24,28). The normalized spacial score (nSPS) is 10.8. The molecule has 3 rings (SSSR count). The summed E-state index contributed by atoms with van der Waals surface area (Å²) in [5.74, 6) is -1.01. The third-order valence-corrected chi connectivity index (χ3v) is 5.39. The molecular weight excluding hydrogens is 403 g/mol. The van der Waals surface area contributed by atoms with Gasteiger partial charge in [-0.1, -0.05) is 17.8 Å². The topological polar surface area (TPSA) is 81.2 Å². The summed E-state index contributed by atoms with van der Waals surface area (Å²) < 4.78 is 15.2. The lowest BCUT2D eigenvalue weighted by molar-refractivity contribution is -0.118. The molecule has 0 saturated heterocycles. The summed E-state index contributed by atoms with van der Waals surface area (Å²) in [4.78, 5) is 30.0. The van der Waals surface area contributed by atoms with Crippen LogP contribution >= 0.6 is 11.8 Å². The molecule has 156 valence electrons. The monoisotopic (exact) mass is 426 g/mol. The zero-order chi connectivity index (χ0) is 21.7. The van der Waals surface area contributed by atoms with Gasteiger partial charge >= 0.3 is 0 Å². The Morgan fingerprint density at radius 2 is 1.80 bits per heavy atom. The Balaban J connectivity index is 1.76. The van der Waals surface area contributed by atoms with Crippen molar-refractivity contribution >= 4 is 29.3 Å². The third kappa shape index (κ3) is 5.48. The molecule has 1 heterocycles. The summed E-state index contributed by atoms with van der Waals surface area (Å²) in [6.07, 6.45) is 3.56. The zero-order valence-electron chi connectivity index (χ0n) is 16.8. The molecule has 2 aromatic carbocycles. The smallest absolute Gasteiger partial charge is 0.237 e. The number of hydrogen-bond donors (Lipinski definition) is 1. The molecular formula is C22H23FN4O2S. The van der Waals surface area contributed by atoms with Gasteiger partial charge in [-0.3, -0.25) is 14.2 Å². The molecule has 0 aliphatic carbocycles. The van der Waals surface area contributed by atoms with E-state index in [1.165, 1.54) is 40.9 Å². The van der Waals surface area contributed by atoms with Gasteiger partial charge in [0.1, 0.15) is 5.82 Å². The number of aryl methyl sites for hydroxylation is 2. The van der Waals surface area contributed by atoms with Gasteiger partial charge in [0.15, 0.2) is 5.16 Å². The second-order valence-electron chi connectivity index (χ2n) is 6.95. The van der Waals surface area contributed by atoms with E-state index >= 15 is 0 Å². The SMILES string of the molecule is Cc1cc(C)cc(-n2ccnc2SCC(=O)N(CCC(N)=O)c2ccc(F)cc2)c1. The fourth-order valence-electron chi connectivity index (χ4n) is 3.13. The van der Waals surface area contributed by atoms with E-state index in [9.17, 15) is 14.0 Å². The number of thioether (sulfide) groups is 1. The minimum absolute atomic E-state index is 0.0188. The number of halogens is 1. The van der Waals surface area contributed by atoms with Crippen LogP contribution in [0.1, 0.15) is 17.5 Å². The van der Waals surface area contributed by atoms with Gasteiger partial charge in [0.25, 0.3) is 0 Å². The number of anilines is 1. The first-order valence-corrected chi connectivity index (χ1v) is 10.4. The fourth-order valence-corrected chi connectivity index (χ4v) is 3.98. The summed E-state index contributed by atoms with van der Waals surface area (Å²) in [5.41, 5.74) is 9.02. The maximum atomic E-state index is 13.3. The highest BCUT2D eigenvalue weighted by Crippen LogP contribution is 2.24. The van der Waals surface area contributed by atoms with E-state index in [0.29, 0.717) is 10.8 Å². The number of primary amides is 1. The predicted octanol–water partition coefficient (Wildman–Crippen LogP) is 3.63. The van der Waals surface area contributed by atoms with Gasteiger partial charge in [-0.15, -0.1) is 0 Å². The van der Waals surface area contributed by atoms with Gasteiger partial charge < -0.3 is 10.6 Å². The van der Waals surface area contributed by atoms with Crippen LogP contribution in [0.3, 0.4) is 0 Å². The van der Waals surface area contributed by atoms with Crippen molar-refractivity contribution in [3.8, 4) is 5.69 Å². The summed E-state index contributed by atoms with van der Waals surface area (Å²) in [6, 6.07) is 11.8. The second kappa shape index (κ2) is 9.58.